The standard InChI is InChI=1S/C24H26N2O/c1-17-12-13-23-20(15-17)9-6-14-26(23)24(27)16-25-18(2)21-11-5-8-19-7-3-4-10-22(19)21/h3-5,7-8,10-13,15,18,25H,6,9,14,16H2,1-2H3/t18-/m1/s1. The second kappa shape index (κ2) is 7.53. The van der Waals surface area contributed by atoms with Crippen LogP contribution in [0.3, 0.4) is 0 Å². The van der Waals surface area contributed by atoms with E-state index in [0.717, 1.165) is 25.1 Å². The van der Waals surface area contributed by atoms with Crippen LogP contribution >= 0.6 is 0 Å². The summed E-state index contributed by atoms with van der Waals surface area (Å²) in [4.78, 5) is 14.9. The first kappa shape index (κ1) is 17.7. The number of amides is 1. The highest BCUT2D eigenvalue weighted by Crippen LogP contribution is 2.28. The first-order valence-corrected chi connectivity index (χ1v) is 9.74. The van der Waals surface area contributed by atoms with E-state index in [-0.39, 0.29) is 11.9 Å². The number of hydrogen-bond acceptors (Lipinski definition) is 2. The minimum absolute atomic E-state index is 0.113. The molecule has 3 heteroatoms. The Bertz CT molecular complexity index is 974. The molecule has 0 spiro atoms. The maximum Gasteiger partial charge on any atom is 0.240 e. The molecule has 0 radical (unpaired) electrons. The fourth-order valence-corrected chi connectivity index (χ4v) is 4.06. The molecule has 1 aliphatic rings. The normalized spacial score (nSPS) is 14.8. The molecular weight excluding hydrogens is 332 g/mol. The zero-order chi connectivity index (χ0) is 18.8. The molecule has 0 bridgehead atoms. The van der Waals surface area contributed by atoms with Crippen LogP contribution in [0, 0.1) is 6.92 Å². The minimum Gasteiger partial charge on any atom is -0.311 e. The highest BCUT2D eigenvalue weighted by atomic mass is 16.2. The number of aryl methyl sites for hydroxylation is 2. The lowest BCUT2D eigenvalue weighted by Gasteiger charge is -2.30. The predicted molar refractivity (Wildman–Crippen MR) is 112 cm³/mol. The monoisotopic (exact) mass is 358 g/mol. The molecular formula is C24H26N2O. The van der Waals surface area contributed by atoms with Crippen LogP contribution in [0.25, 0.3) is 10.8 Å². The van der Waals surface area contributed by atoms with Gasteiger partial charge in [0.1, 0.15) is 0 Å². The lowest BCUT2D eigenvalue weighted by atomic mass is 9.99. The fraction of sp³-hybridized carbons (Fsp3) is 0.292. The summed E-state index contributed by atoms with van der Waals surface area (Å²) in [6, 6.07) is 21.3. The van der Waals surface area contributed by atoms with E-state index in [4.69, 9.17) is 0 Å². The Morgan fingerprint density at radius 1 is 1.11 bits per heavy atom. The Hall–Kier alpha value is -2.65. The topological polar surface area (TPSA) is 32.3 Å². The van der Waals surface area contributed by atoms with Gasteiger partial charge in [0.25, 0.3) is 0 Å². The van der Waals surface area contributed by atoms with Crippen LogP contribution in [0.2, 0.25) is 0 Å². The lowest BCUT2D eigenvalue weighted by molar-refractivity contribution is -0.118. The molecule has 27 heavy (non-hydrogen) atoms. The van der Waals surface area contributed by atoms with Crippen LogP contribution in [0.1, 0.15) is 36.1 Å². The van der Waals surface area contributed by atoms with Crippen molar-refractivity contribution in [3.63, 3.8) is 0 Å². The average Bonchev–Trinajstić information content (AvgIpc) is 2.70. The molecule has 1 amide bonds. The van der Waals surface area contributed by atoms with Crippen LogP contribution in [0.15, 0.2) is 60.7 Å². The highest BCUT2D eigenvalue weighted by Gasteiger charge is 2.22. The Morgan fingerprint density at radius 3 is 2.81 bits per heavy atom. The number of carbonyl (C=O) groups excluding carboxylic acids is 1. The van der Waals surface area contributed by atoms with E-state index >= 15 is 0 Å². The van der Waals surface area contributed by atoms with Crippen molar-refractivity contribution < 1.29 is 4.79 Å². The van der Waals surface area contributed by atoms with Gasteiger partial charge < -0.3 is 10.2 Å². The number of rotatable bonds is 4. The molecule has 1 aliphatic heterocycles. The van der Waals surface area contributed by atoms with Gasteiger partial charge in [-0.15, -0.1) is 0 Å². The lowest BCUT2D eigenvalue weighted by Crippen LogP contribution is -2.41. The molecule has 1 N–H and O–H groups in total. The van der Waals surface area contributed by atoms with Gasteiger partial charge in [-0.25, -0.2) is 0 Å². The Balaban J connectivity index is 1.48. The molecule has 4 rings (SSSR count). The third kappa shape index (κ3) is 3.60. The predicted octanol–water partition coefficient (Wildman–Crippen LogP) is 4.78. The van der Waals surface area contributed by atoms with Crippen molar-refractivity contribution in [3.8, 4) is 0 Å². The Labute approximate surface area is 161 Å². The first-order chi connectivity index (χ1) is 13.1. The van der Waals surface area contributed by atoms with Crippen LogP contribution in [0.5, 0.6) is 0 Å². The fourth-order valence-electron chi connectivity index (χ4n) is 4.06. The van der Waals surface area contributed by atoms with Gasteiger partial charge in [0.2, 0.25) is 5.91 Å². The van der Waals surface area contributed by atoms with Gasteiger partial charge in [-0.1, -0.05) is 60.2 Å². The van der Waals surface area contributed by atoms with E-state index < -0.39 is 0 Å². The van der Waals surface area contributed by atoms with Crippen molar-refractivity contribution >= 4 is 22.4 Å². The van der Waals surface area contributed by atoms with Crippen LogP contribution in [-0.4, -0.2) is 19.0 Å². The summed E-state index contributed by atoms with van der Waals surface area (Å²) in [5.74, 6) is 0.145. The van der Waals surface area contributed by atoms with E-state index in [1.807, 2.05) is 4.90 Å². The van der Waals surface area contributed by atoms with Crippen molar-refractivity contribution in [1.82, 2.24) is 5.32 Å². The molecule has 3 nitrogen and oxygen atoms in total. The smallest absolute Gasteiger partial charge is 0.240 e. The summed E-state index contributed by atoms with van der Waals surface area (Å²) in [7, 11) is 0. The molecule has 0 saturated heterocycles. The minimum atomic E-state index is 0.113. The van der Waals surface area contributed by atoms with Gasteiger partial charge in [-0.05, 0) is 54.7 Å². The first-order valence-electron chi connectivity index (χ1n) is 9.74. The Morgan fingerprint density at radius 2 is 1.93 bits per heavy atom. The second-order valence-corrected chi connectivity index (χ2v) is 7.45. The average molecular weight is 358 g/mol. The number of fused-ring (bicyclic) bond motifs is 2. The van der Waals surface area contributed by atoms with Gasteiger partial charge in [0, 0.05) is 18.3 Å². The molecule has 0 aromatic heterocycles. The van der Waals surface area contributed by atoms with Crippen LogP contribution in [0.4, 0.5) is 5.69 Å². The summed E-state index contributed by atoms with van der Waals surface area (Å²) in [6.45, 7) is 5.38. The van der Waals surface area contributed by atoms with Crippen molar-refractivity contribution in [3.05, 3.63) is 77.4 Å². The van der Waals surface area contributed by atoms with Crippen molar-refractivity contribution in [2.45, 2.75) is 32.7 Å². The van der Waals surface area contributed by atoms with Gasteiger partial charge in [0.15, 0.2) is 0 Å². The van der Waals surface area contributed by atoms with Crippen molar-refractivity contribution in [1.29, 1.82) is 0 Å². The summed E-state index contributed by atoms with van der Waals surface area (Å²) in [6.07, 6.45) is 2.09. The van der Waals surface area contributed by atoms with Crippen LogP contribution < -0.4 is 10.2 Å². The van der Waals surface area contributed by atoms with Crippen molar-refractivity contribution in [2.75, 3.05) is 18.0 Å². The zero-order valence-corrected chi connectivity index (χ0v) is 16.0. The summed E-state index contributed by atoms with van der Waals surface area (Å²) >= 11 is 0. The maximum absolute atomic E-state index is 12.9. The molecule has 138 valence electrons. The van der Waals surface area contributed by atoms with Gasteiger partial charge in [0.05, 0.1) is 6.54 Å². The van der Waals surface area contributed by atoms with Gasteiger partial charge in [-0.3, -0.25) is 4.79 Å². The number of nitrogens with one attached hydrogen (secondary N) is 1. The number of anilines is 1. The summed E-state index contributed by atoms with van der Waals surface area (Å²) in [5, 5.41) is 5.91. The Kier molecular flexibility index (Phi) is 4.95. The third-order valence-electron chi connectivity index (χ3n) is 5.50. The highest BCUT2D eigenvalue weighted by molar-refractivity contribution is 5.96. The molecule has 0 aliphatic carbocycles. The number of carbonyl (C=O) groups is 1. The number of nitrogens with zero attached hydrogens (tertiary/aromatic N) is 1. The van der Waals surface area contributed by atoms with Crippen molar-refractivity contribution in [2.24, 2.45) is 0 Å². The second-order valence-electron chi connectivity index (χ2n) is 7.45. The molecule has 3 aromatic rings. The van der Waals surface area contributed by atoms with E-state index in [0.29, 0.717) is 6.54 Å². The zero-order valence-electron chi connectivity index (χ0n) is 16.0. The van der Waals surface area contributed by atoms with E-state index in [1.165, 1.54) is 27.5 Å². The molecule has 1 atom stereocenters. The summed E-state index contributed by atoms with van der Waals surface area (Å²) < 4.78 is 0. The maximum atomic E-state index is 12.9. The van der Waals surface area contributed by atoms with Crippen LogP contribution in [-0.2, 0) is 11.2 Å². The van der Waals surface area contributed by atoms with E-state index in [2.05, 4.69) is 79.8 Å². The van der Waals surface area contributed by atoms with Gasteiger partial charge in [-0.2, -0.15) is 0 Å². The molecule has 0 unspecified atom stereocenters. The number of benzene rings is 3. The number of hydrogen-bond donors (Lipinski definition) is 1. The molecule has 0 saturated carbocycles. The molecule has 0 fully saturated rings. The van der Waals surface area contributed by atoms with Gasteiger partial charge >= 0.3 is 0 Å². The molecule has 3 aromatic carbocycles. The largest absolute Gasteiger partial charge is 0.311 e. The summed E-state index contributed by atoms with van der Waals surface area (Å²) in [5.41, 5.74) is 4.86. The van der Waals surface area contributed by atoms with E-state index in [9.17, 15) is 4.79 Å². The molecule has 1 heterocycles. The third-order valence-corrected chi connectivity index (χ3v) is 5.50. The quantitative estimate of drug-likeness (QED) is 0.728. The van der Waals surface area contributed by atoms with E-state index in [1.54, 1.807) is 0 Å². The SMILES string of the molecule is Cc1ccc2c(c1)CCCN2C(=O)CN[C@H](C)c1cccc2ccccc12.